The average Bonchev–Trinajstić information content (AvgIpc) is 2.73. The van der Waals surface area contributed by atoms with E-state index in [1.165, 1.54) is 0 Å². The van der Waals surface area contributed by atoms with Crippen LogP contribution in [0.3, 0.4) is 0 Å². The van der Waals surface area contributed by atoms with E-state index >= 15 is 0 Å². The molecule has 86 valence electrons. The molecule has 0 saturated carbocycles. The minimum Gasteiger partial charge on any atom is -0.459 e. The van der Waals surface area contributed by atoms with Gasteiger partial charge in [0.15, 0.2) is 0 Å². The Morgan fingerprint density at radius 3 is 2.81 bits per heavy atom. The molecule has 0 aromatic heterocycles. The Morgan fingerprint density at radius 2 is 2.19 bits per heavy atom. The summed E-state index contributed by atoms with van der Waals surface area (Å²) < 4.78 is 10.3. The van der Waals surface area contributed by atoms with Gasteiger partial charge < -0.3 is 14.6 Å². The molecule has 1 aromatic rings. The van der Waals surface area contributed by atoms with E-state index in [-0.39, 0.29) is 18.7 Å². The summed E-state index contributed by atoms with van der Waals surface area (Å²) in [6.07, 6.45) is -0.302. The highest BCUT2D eigenvalue weighted by Gasteiger charge is 2.27. The van der Waals surface area contributed by atoms with Gasteiger partial charge in [-0.1, -0.05) is 18.2 Å². The number of rotatable bonds is 3. The second kappa shape index (κ2) is 5.09. The quantitative estimate of drug-likeness (QED) is 0.775. The van der Waals surface area contributed by atoms with Gasteiger partial charge in [0.1, 0.15) is 12.7 Å². The van der Waals surface area contributed by atoms with E-state index in [2.05, 4.69) is 0 Å². The van der Waals surface area contributed by atoms with Crippen LogP contribution in [0.1, 0.15) is 16.8 Å². The van der Waals surface area contributed by atoms with Crippen molar-refractivity contribution in [1.82, 2.24) is 0 Å². The lowest BCUT2D eigenvalue weighted by Crippen LogP contribution is -2.27. The first kappa shape index (κ1) is 11.1. The molecule has 0 aliphatic carbocycles. The summed E-state index contributed by atoms with van der Waals surface area (Å²) in [5, 5.41) is 9.46. The number of benzene rings is 1. The van der Waals surface area contributed by atoms with Gasteiger partial charge in [0, 0.05) is 6.61 Å². The molecule has 2 atom stereocenters. The first-order valence-electron chi connectivity index (χ1n) is 5.29. The van der Waals surface area contributed by atoms with Gasteiger partial charge in [0.2, 0.25) is 0 Å². The van der Waals surface area contributed by atoms with Gasteiger partial charge in [-0.25, -0.2) is 4.79 Å². The van der Waals surface area contributed by atoms with Gasteiger partial charge >= 0.3 is 5.97 Å². The summed E-state index contributed by atoms with van der Waals surface area (Å²) in [4.78, 5) is 11.5. The Balaban J connectivity index is 1.84. The SMILES string of the molecule is O=C(OC[C@H]1OCC[C@@H]1O)c1ccccc1. The van der Waals surface area contributed by atoms with Gasteiger partial charge in [-0.05, 0) is 18.6 Å². The molecule has 1 saturated heterocycles. The van der Waals surface area contributed by atoms with Crippen LogP contribution in [0.5, 0.6) is 0 Å². The first-order valence-corrected chi connectivity index (χ1v) is 5.29. The van der Waals surface area contributed by atoms with Crippen molar-refractivity contribution in [2.75, 3.05) is 13.2 Å². The molecule has 1 aliphatic rings. The van der Waals surface area contributed by atoms with Gasteiger partial charge in [-0.15, -0.1) is 0 Å². The van der Waals surface area contributed by atoms with Gasteiger partial charge in [0.25, 0.3) is 0 Å². The van der Waals surface area contributed by atoms with Crippen LogP contribution in [-0.2, 0) is 9.47 Å². The molecule has 1 aromatic carbocycles. The third kappa shape index (κ3) is 2.59. The Bertz CT molecular complexity index is 349. The third-order valence-electron chi connectivity index (χ3n) is 2.56. The second-order valence-electron chi connectivity index (χ2n) is 3.73. The highest BCUT2D eigenvalue weighted by Crippen LogP contribution is 2.14. The molecule has 0 radical (unpaired) electrons. The molecule has 0 unspecified atom stereocenters. The number of aliphatic hydroxyl groups is 1. The number of hydrogen-bond donors (Lipinski definition) is 1. The Morgan fingerprint density at radius 1 is 1.44 bits per heavy atom. The molecule has 0 amide bonds. The Labute approximate surface area is 93.8 Å². The molecule has 2 rings (SSSR count). The monoisotopic (exact) mass is 222 g/mol. The van der Waals surface area contributed by atoms with Crippen LogP contribution >= 0.6 is 0 Å². The maximum Gasteiger partial charge on any atom is 0.338 e. The van der Waals surface area contributed by atoms with Crippen LogP contribution in [0.4, 0.5) is 0 Å². The van der Waals surface area contributed by atoms with Crippen LogP contribution < -0.4 is 0 Å². The lowest BCUT2D eigenvalue weighted by atomic mass is 10.2. The lowest BCUT2D eigenvalue weighted by molar-refractivity contribution is -0.0143. The number of esters is 1. The largest absolute Gasteiger partial charge is 0.459 e. The summed E-state index contributed by atoms with van der Waals surface area (Å²) in [5.41, 5.74) is 0.509. The summed E-state index contributed by atoms with van der Waals surface area (Å²) in [5.74, 6) is -0.386. The van der Waals surface area contributed by atoms with Crippen LogP contribution in [0, 0.1) is 0 Å². The van der Waals surface area contributed by atoms with Crippen LogP contribution in [-0.4, -0.2) is 36.5 Å². The number of carbonyl (C=O) groups excluding carboxylic acids is 1. The van der Waals surface area contributed by atoms with Crippen molar-refractivity contribution in [1.29, 1.82) is 0 Å². The van der Waals surface area contributed by atoms with E-state index in [1.807, 2.05) is 6.07 Å². The standard InChI is InChI=1S/C12H14O4/c13-10-6-7-15-11(10)8-16-12(14)9-4-2-1-3-5-9/h1-5,10-11,13H,6-8H2/t10-,11+/m0/s1. The van der Waals surface area contributed by atoms with Gasteiger partial charge in [0.05, 0.1) is 11.7 Å². The number of hydrogen-bond acceptors (Lipinski definition) is 4. The van der Waals surface area contributed by atoms with Crippen molar-refractivity contribution in [2.24, 2.45) is 0 Å². The predicted octanol–water partition coefficient (Wildman–Crippen LogP) is 0.993. The van der Waals surface area contributed by atoms with Gasteiger partial charge in [-0.3, -0.25) is 0 Å². The van der Waals surface area contributed by atoms with Crippen molar-refractivity contribution in [3.8, 4) is 0 Å². The molecule has 1 N–H and O–H groups in total. The third-order valence-corrected chi connectivity index (χ3v) is 2.56. The highest BCUT2D eigenvalue weighted by molar-refractivity contribution is 5.89. The Hall–Kier alpha value is -1.39. The normalized spacial score (nSPS) is 24.3. The fraction of sp³-hybridized carbons (Fsp3) is 0.417. The molecule has 4 heteroatoms. The van der Waals surface area contributed by atoms with Crippen molar-refractivity contribution >= 4 is 5.97 Å². The molecule has 0 spiro atoms. The lowest BCUT2D eigenvalue weighted by Gasteiger charge is -2.13. The number of ether oxygens (including phenoxy) is 2. The number of aliphatic hydroxyl groups excluding tert-OH is 1. The Kier molecular flexibility index (Phi) is 3.54. The van der Waals surface area contributed by atoms with E-state index in [0.717, 1.165) is 0 Å². The minimum absolute atomic E-state index is 0.106. The van der Waals surface area contributed by atoms with Crippen LogP contribution in [0.25, 0.3) is 0 Å². The van der Waals surface area contributed by atoms with Crippen molar-refractivity contribution in [3.05, 3.63) is 35.9 Å². The molecule has 1 aliphatic heterocycles. The summed E-state index contributed by atoms with van der Waals surface area (Å²) in [7, 11) is 0. The summed E-state index contributed by atoms with van der Waals surface area (Å²) in [6, 6.07) is 8.76. The molecule has 0 bridgehead atoms. The van der Waals surface area contributed by atoms with Crippen molar-refractivity contribution in [3.63, 3.8) is 0 Å². The van der Waals surface area contributed by atoms with E-state index < -0.39 is 6.10 Å². The molecule has 1 heterocycles. The predicted molar refractivity (Wildman–Crippen MR) is 57.1 cm³/mol. The number of carbonyl (C=O) groups is 1. The van der Waals surface area contributed by atoms with Crippen molar-refractivity contribution in [2.45, 2.75) is 18.6 Å². The van der Waals surface area contributed by atoms with Gasteiger partial charge in [-0.2, -0.15) is 0 Å². The smallest absolute Gasteiger partial charge is 0.338 e. The highest BCUT2D eigenvalue weighted by atomic mass is 16.6. The molecular weight excluding hydrogens is 208 g/mol. The zero-order chi connectivity index (χ0) is 11.4. The fourth-order valence-corrected chi connectivity index (χ4v) is 1.61. The van der Waals surface area contributed by atoms with E-state index in [9.17, 15) is 9.90 Å². The fourth-order valence-electron chi connectivity index (χ4n) is 1.61. The maximum absolute atomic E-state index is 11.5. The van der Waals surface area contributed by atoms with E-state index in [4.69, 9.17) is 9.47 Å². The average molecular weight is 222 g/mol. The second-order valence-corrected chi connectivity index (χ2v) is 3.73. The zero-order valence-electron chi connectivity index (χ0n) is 8.83. The topological polar surface area (TPSA) is 55.8 Å². The minimum atomic E-state index is -0.524. The van der Waals surface area contributed by atoms with E-state index in [1.54, 1.807) is 24.3 Å². The maximum atomic E-state index is 11.5. The van der Waals surface area contributed by atoms with Crippen LogP contribution in [0.15, 0.2) is 30.3 Å². The summed E-state index contributed by atoms with van der Waals surface area (Å²) in [6.45, 7) is 0.629. The molecule has 16 heavy (non-hydrogen) atoms. The van der Waals surface area contributed by atoms with E-state index in [0.29, 0.717) is 18.6 Å². The molecular formula is C12H14O4. The zero-order valence-corrected chi connectivity index (χ0v) is 8.83. The van der Waals surface area contributed by atoms with Crippen LogP contribution in [0.2, 0.25) is 0 Å². The molecule has 4 nitrogen and oxygen atoms in total. The van der Waals surface area contributed by atoms with Crippen molar-refractivity contribution < 1.29 is 19.4 Å². The first-order chi connectivity index (χ1) is 7.77. The molecule has 1 fully saturated rings. The summed E-state index contributed by atoms with van der Waals surface area (Å²) >= 11 is 0.